The van der Waals surface area contributed by atoms with E-state index in [0.717, 1.165) is 4.47 Å². The quantitative estimate of drug-likeness (QED) is 0.924. The third-order valence-electron chi connectivity index (χ3n) is 2.70. The molecule has 0 aliphatic rings. The number of carbonyl (C=O) groups excluding carboxylic acids is 1. The van der Waals surface area contributed by atoms with Gasteiger partial charge in [-0.2, -0.15) is 0 Å². The molecule has 4 nitrogen and oxygen atoms in total. The molecule has 1 aromatic carbocycles. The third-order valence-corrected chi connectivity index (χ3v) is 3.13. The Labute approximate surface area is 124 Å². The van der Waals surface area contributed by atoms with E-state index in [9.17, 15) is 9.18 Å². The maximum atomic E-state index is 13.2. The molecule has 0 unspecified atom stereocenters. The first-order valence-electron chi connectivity index (χ1n) is 6.07. The smallest absolute Gasteiger partial charge is 0.272 e. The fourth-order valence-electron chi connectivity index (χ4n) is 1.81. The highest BCUT2D eigenvalue weighted by Gasteiger charge is 2.14. The van der Waals surface area contributed by atoms with Crippen LogP contribution in [0.2, 0.25) is 0 Å². The van der Waals surface area contributed by atoms with E-state index in [0.29, 0.717) is 23.7 Å². The lowest BCUT2D eigenvalue weighted by atomic mass is 10.2. The van der Waals surface area contributed by atoms with Crippen LogP contribution >= 0.6 is 15.9 Å². The molecule has 2 rings (SSSR count). The van der Waals surface area contributed by atoms with Gasteiger partial charge in [-0.1, -0.05) is 0 Å². The van der Waals surface area contributed by atoms with Gasteiger partial charge in [0.1, 0.15) is 17.3 Å². The maximum Gasteiger partial charge on any atom is 0.272 e. The number of hydrogen-bond donors (Lipinski definition) is 1. The molecular formula is C14H14BrFN2O2. The van der Waals surface area contributed by atoms with Gasteiger partial charge in [0, 0.05) is 23.8 Å². The van der Waals surface area contributed by atoms with Crippen LogP contribution in [-0.2, 0) is 7.05 Å². The molecule has 0 saturated carbocycles. The number of hydrogen-bond acceptors (Lipinski definition) is 2. The number of aromatic nitrogens is 1. The monoisotopic (exact) mass is 340 g/mol. The third kappa shape index (κ3) is 3.19. The van der Waals surface area contributed by atoms with Crippen LogP contribution in [0.5, 0.6) is 5.75 Å². The molecule has 6 heteroatoms. The van der Waals surface area contributed by atoms with Gasteiger partial charge in [0.25, 0.3) is 5.91 Å². The Morgan fingerprint density at radius 2 is 2.20 bits per heavy atom. The number of anilines is 1. The minimum absolute atomic E-state index is 0.286. The lowest BCUT2D eigenvalue weighted by molar-refractivity contribution is 0.101. The van der Waals surface area contributed by atoms with Crippen molar-refractivity contribution in [2.75, 3.05) is 11.9 Å². The van der Waals surface area contributed by atoms with Gasteiger partial charge >= 0.3 is 0 Å². The van der Waals surface area contributed by atoms with Gasteiger partial charge < -0.3 is 14.6 Å². The zero-order valence-electron chi connectivity index (χ0n) is 11.1. The van der Waals surface area contributed by atoms with Crippen LogP contribution in [0.1, 0.15) is 17.4 Å². The van der Waals surface area contributed by atoms with Crippen LogP contribution in [0.25, 0.3) is 0 Å². The Morgan fingerprint density at radius 3 is 2.80 bits per heavy atom. The molecule has 0 aliphatic heterocycles. The van der Waals surface area contributed by atoms with E-state index in [-0.39, 0.29) is 5.91 Å². The summed E-state index contributed by atoms with van der Waals surface area (Å²) in [5.41, 5.74) is 0.930. The summed E-state index contributed by atoms with van der Waals surface area (Å²) >= 11 is 3.31. The molecule has 1 amide bonds. The number of amides is 1. The molecule has 106 valence electrons. The van der Waals surface area contributed by atoms with Gasteiger partial charge in [-0.25, -0.2) is 4.39 Å². The summed E-state index contributed by atoms with van der Waals surface area (Å²) in [6.45, 7) is 2.19. The average molecular weight is 341 g/mol. The Hall–Kier alpha value is -1.82. The summed E-state index contributed by atoms with van der Waals surface area (Å²) in [6.07, 6.45) is 1.78. The van der Waals surface area contributed by atoms with Crippen molar-refractivity contribution in [3.8, 4) is 5.75 Å². The van der Waals surface area contributed by atoms with E-state index in [1.54, 1.807) is 30.8 Å². The van der Waals surface area contributed by atoms with E-state index in [2.05, 4.69) is 21.2 Å². The molecule has 1 heterocycles. The molecule has 20 heavy (non-hydrogen) atoms. The number of ether oxygens (including phenoxy) is 1. The van der Waals surface area contributed by atoms with Gasteiger partial charge in [0.05, 0.1) is 12.3 Å². The summed E-state index contributed by atoms with van der Waals surface area (Å²) in [5, 5.41) is 2.72. The highest BCUT2D eigenvalue weighted by atomic mass is 79.9. The second-order valence-electron chi connectivity index (χ2n) is 4.18. The minimum Gasteiger partial charge on any atom is -0.492 e. The number of rotatable bonds is 4. The first-order chi connectivity index (χ1) is 9.51. The first-order valence-corrected chi connectivity index (χ1v) is 6.86. The van der Waals surface area contributed by atoms with E-state index < -0.39 is 5.82 Å². The van der Waals surface area contributed by atoms with Crippen molar-refractivity contribution in [2.24, 2.45) is 7.05 Å². The highest BCUT2D eigenvalue weighted by molar-refractivity contribution is 9.10. The predicted molar refractivity (Wildman–Crippen MR) is 78.6 cm³/mol. The highest BCUT2D eigenvalue weighted by Crippen LogP contribution is 2.26. The summed E-state index contributed by atoms with van der Waals surface area (Å²) in [5.74, 6) is -0.382. The molecule has 0 aliphatic carbocycles. The van der Waals surface area contributed by atoms with Crippen molar-refractivity contribution in [3.63, 3.8) is 0 Å². The van der Waals surface area contributed by atoms with Gasteiger partial charge in [-0.3, -0.25) is 4.79 Å². The zero-order valence-corrected chi connectivity index (χ0v) is 12.7. The summed E-state index contributed by atoms with van der Waals surface area (Å²) in [4.78, 5) is 12.2. The molecule has 1 N–H and O–H groups in total. The predicted octanol–water partition coefficient (Wildman–Crippen LogP) is 3.58. The average Bonchev–Trinajstić information content (AvgIpc) is 2.72. The van der Waals surface area contributed by atoms with Crippen LogP contribution in [0.3, 0.4) is 0 Å². The van der Waals surface area contributed by atoms with Gasteiger partial charge in [0.2, 0.25) is 0 Å². The normalized spacial score (nSPS) is 10.4. The molecule has 0 bridgehead atoms. The van der Waals surface area contributed by atoms with Gasteiger partial charge in [-0.15, -0.1) is 0 Å². The largest absolute Gasteiger partial charge is 0.492 e. The van der Waals surface area contributed by atoms with Crippen molar-refractivity contribution < 1.29 is 13.9 Å². The Balaban J connectivity index is 2.25. The number of carbonyl (C=O) groups is 1. The number of benzene rings is 1. The second kappa shape index (κ2) is 6.09. The van der Waals surface area contributed by atoms with E-state index in [4.69, 9.17) is 4.74 Å². The van der Waals surface area contributed by atoms with Crippen LogP contribution in [0.15, 0.2) is 34.9 Å². The fraction of sp³-hybridized carbons (Fsp3) is 0.214. The standard InChI is InChI=1S/C14H14BrFN2O2/c1-3-20-13-7-10(16)4-5-11(13)17-14(19)12-6-9(15)8-18(12)2/h4-8H,3H2,1-2H3,(H,17,19). The topological polar surface area (TPSA) is 43.3 Å². The van der Waals surface area contributed by atoms with Crippen molar-refractivity contribution in [1.82, 2.24) is 4.57 Å². The molecular weight excluding hydrogens is 327 g/mol. The SMILES string of the molecule is CCOc1cc(F)ccc1NC(=O)c1cc(Br)cn1C. The molecule has 0 atom stereocenters. The maximum absolute atomic E-state index is 13.2. The Kier molecular flexibility index (Phi) is 4.44. The first kappa shape index (κ1) is 14.6. The van der Waals surface area contributed by atoms with E-state index in [1.807, 2.05) is 0 Å². The van der Waals surface area contributed by atoms with Gasteiger partial charge in [0.15, 0.2) is 0 Å². The fourth-order valence-corrected chi connectivity index (χ4v) is 2.33. The van der Waals surface area contributed by atoms with E-state index >= 15 is 0 Å². The zero-order chi connectivity index (χ0) is 14.7. The van der Waals surface area contributed by atoms with E-state index in [1.165, 1.54) is 18.2 Å². The van der Waals surface area contributed by atoms with Crippen LogP contribution in [-0.4, -0.2) is 17.1 Å². The van der Waals surface area contributed by atoms with Crippen molar-refractivity contribution in [1.29, 1.82) is 0 Å². The summed E-state index contributed by atoms with van der Waals surface area (Å²) in [6, 6.07) is 5.72. The lowest BCUT2D eigenvalue weighted by Crippen LogP contribution is -2.16. The van der Waals surface area contributed by atoms with Gasteiger partial charge in [-0.05, 0) is 41.1 Å². The van der Waals surface area contributed by atoms with Crippen molar-refractivity contribution in [3.05, 3.63) is 46.4 Å². The Morgan fingerprint density at radius 1 is 1.45 bits per heavy atom. The van der Waals surface area contributed by atoms with Crippen LogP contribution in [0.4, 0.5) is 10.1 Å². The molecule has 1 aromatic heterocycles. The van der Waals surface area contributed by atoms with Crippen LogP contribution in [0, 0.1) is 5.82 Å². The molecule has 2 aromatic rings. The molecule has 0 spiro atoms. The number of aryl methyl sites for hydroxylation is 1. The van der Waals surface area contributed by atoms with Crippen LogP contribution < -0.4 is 10.1 Å². The molecule has 0 radical (unpaired) electrons. The lowest BCUT2D eigenvalue weighted by Gasteiger charge is -2.11. The second-order valence-corrected chi connectivity index (χ2v) is 5.10. The summed E-state index contributed by atoms with van der Waals surface area (Å²) < 4.78 is 21.0. The molecule has 0 saturated heterocycles. The van der Waals surface area contributed by atoms with Crippen molar-refractivity contribution >= 4 is 27.5 Å². The van der Waals surface area contributed by atoms with Crippen molar-refractivity contribution in [2.45, 2.75) is 6.92 Å². The Bertz CT molecular complexity index is 640. The molecule has 0 fully saturated rings. The number of nitrogens with zero attached hydrogens (tertiary/aromatic N) is 1. The number of nitrogens with one attached hydrogen (secondary N) is 1. The number of halogens is 2. The summed E-state index contributed by atoms with van der Waals surface area (Å²) in [7, 11) is 1.77. The minimum atomic E-state index is -0.409.